The van der Waals surface area contributed by atoms with Gasteiger partial charge in [-0.15, -0.1) is 0 Å². The molecular formula is C13H18BrN3O. The Morgan fingerprint density at radius 2 is 2.22 bits per heavy atom. The lowest BCUT2D eigenvalue weighted by atomic mass is 9.93. The molecule has 0 aromatic carbocycles. The molecule has 2 heterocycles. The molecule has 18 heavy (non-hydrogen) atoms. The maximum atomic E-state index is 11.3. The third-order valence-corrected chi connectivity index (χ3v) is 4.42. The highest BCUT2D eigenvalue weighted by molar-refractivity contribution is 9.10. The number of nitrogens with two attached hydrogens (primary N) is 1. The van der Waals surface area contributed by atoms with Crippen LogP contribution in [0.2, 0.25) is 0 Å². The molecule has 0 radical (unpaired) electrons. The lowest BCUT2D eigenvalue weighted by molar-refractivity contribution is -0.122. The molecule has 2 unspecified atom stereocenters. The fourth-order valence-electron chi connectivity index (χ4n) is 2.35. The zero-order valence-electron chi connectivity index (χ0n) is 10.7. The van der Waals surface area contributed by atoms with Gasteiger partial charge >= 0.3 is 0 Å². The predicted molar refractivity (Wildman–Crippen MR) is 75.4 cm³/mol. The van der Waals surface area contributed by atoms with Crippen LogP contribution in [0.4, 0.5) is 5.82 Å². The molecule has 2 N–H and O–H groups in total. The van der Waals surface area contributed by atoms with E-state index in [1.807, 2.05) is 19.1 Å². The van der Waals surface area contributed by atoms with Gasteiger partial charge in [0, 0.05) is 17.1 Å². The molecule has 1 aromatic rings. The summed E-state index contributed by atoms with van der Waals surface area (Å²) in [5.74, 6) is 0.654. The largest absolute Gasteiger partial charge is 0.369 e. The predicted octanol–water partition coefficient (Wildman–Crippen LogP) is 2.24. The maximum absolute atomic E-state index is 11.3. The highest BCUT2D eigenvalue weighted by Gasteiger charge is 2.29. The third kappa shape index (κ3) is 2.66. The molecule has 5 heteroatoms. The number of rotatable bonds is 2. The Bertz CT molecular complexity index is 464. The average Bonchev–Trinajstić information content (AvgIpc) is 2.33. The highest BCUT2D eigenvalue weighted by atomic mass is 79.9. The number of aromatic nitrogens is 1. The first-order valence-corrected chi connectivity index (χ1v) is 6.97. The Morgan fingerprint density at radius 3 is 2.83 bits per heavy atom. The minimum atomic E-state index is -0.208. The van der Waals surface area contributed by atoms with Crippen LogP contribution < -0.4 is 10.6 Å². The van der Waals surface area contributed by atoms with Crippen molar-refractivity contribution in [3.8, 4) is 0 Å². The summed E-state index contributed by atoms with van der Waals surface area (Å²) in [6.07, 6.45) is 1.85. The number of hydrogen-bond donors (Lipinski definition) is 1. The van der Waals surface area contributed by atoms with Gasteiger partial charge in [0.25, 0.3) is 0 Å². The monoisotopic (exact) mass is 311 g/mol. The first-order valence-electron chi connectivity index (χ1n) is 6.18. The van der Waals surface area contributed by atoms with Gasteiger partial charge in [-0.1, -0.05) is 0 Å². The second kappa shape index (κ2) is 5.26. The molecule has 2 atom stereocenters. The summed E-state index contributed by atoms with van der Waals surface area (Å²) in [5.41, 5.74) is 6.37. The standard InChI is InChI=1S/C13H18BrN3O/c1-8-3-4-10(13(15)18)7-17(8)12-6-5-11(14)9(2)16-12/h5-6,8,10H,3-4,7H2,1-2H3,(H2,15,18). The summed E-state index contributed by atoms with van der Waals surface area (Å²) in [6, 6.07) is 4.38. The lowest BCUT2D eigenvalue weighted by Crippen LogP contribution is -2.46. The molecular weight excluding hydrogens is 294 g/mol. The Hall–Kier alpha value is -1.10. The van der Waals surface area contributed by atoms with Crippen molar-refractivity contribution in [2.45, 2.75) is 32.7 Å². The first-order chi connectivity index (χ1) is 8.49. The number of anilines is 1. The first kappa shape index (κ1) is 13.3. The SMILES string of the molecule is Cc1nc(N2CC(C(N)=O)CCC2C)ccc1Br. The summed E-state index contributed by atoms with van der Waals surface area (Å²) < 4.78 is 1.00. The van der Waals surface area contributed by atoms with Crippen LogP contribution >= 0.6 is 15.9 Å². The molecule has 1 aromatic heterocycles. The van der Waals surface area contributed by atoms with E-state index < -0.39 is 0 Å². The zero-order chi connectivity index (χ0) is 13.3. The van der Waals surface area contributed by atoms with Gasteiger partial charge in [0.1, 0.15) is 5.82 Å². The molecule has 0 spiro atoms. The number of pyridine rings is 1. The van der Waals surface area contributed by atoms with Gasteiger partial charge in [-0.05, 0) is 54.8 Å². The average molecular weight is 312 g/mol. The smallest absolute Gasteiger partial charge is 0.222 e. The molecule has 2 rings (SSSR count). The van der Waals surface area contributed by atoms with Crippen molar-refractivity contribution < 1.29 is 4.79 Å². The van der Waals surface area contributed by atoms with Gasteiger partial charge in [0.15, 0.2) is 0 Å². The number of nitrogens with zero attached hydrogens (tertiary/aromatic N) is 2. The summed E-state index contributed by atoms with van der Waals surface area (Å²) in [4.78, 5) is 18.1. The maximum Gasteiger partial charge on any atom is 0.222 e. The molecule has 1 amide bonds. The van der Waals surface area contributed by atoms with E-state index in [4.69, 9.17) is 5.73 Å². The second-order valence-corrected chi connectivity index (χ2v) is 5.77. The number of primary amides is 1. The van der Waals surface area contributed by atoms with Crippen molar-refractivity contribution in [3.63, 3.8) is 0 Å². The number of carbonyl (C=O) groups excluding carboxylic acids is 1. The fraction of sp³-hybridized carbons (Fsp3) is 0.538. The molecule has 1 fully saturated rings. The van der Waals surface area contributed by atoms with E-state index in [1.165, 1.54) is 0 Å². The van der Waals surface area contributed by atoms with Crippen LogP contribution in [0, 0.1) is 12.8 Å². The van der Waals surface area contributed by atoms with E-state index >= 15 is 0 Å². The molecule has 0 aliphatic carbocycles. The van der Waals surface area contributed by atoms with E-state index in [1.54, 1.807) is 0 Å². The van der Waals surface area contributed by atoms with E-state index in [0.29, 0.717) is 12.6 Å². The Labute approximate surface area is 116 Å². The summed E-state index contributed by atoms with van der Waals surface area (Å²) in [6.45, 7) is 4.80. The van der Waals surface area contributed by atoms with Gasteiger partial charge in [0.05, 0.1) is 11.6 Å². The van der Waals surface area contributed by atoms with E-state index in [0.717, 1.165) is 28.8 Å². The molecule has 0 saturated carbocycles. The van der Waals surface area contributed by atoms with Crippen LogP contribution in [0.25, 0.3) is 0 Å². The minimum absolute atomic E-state index is 0.0630. The highest BCUT2D eigenvalue weighted by Crippen LogP contribution is 2.27. The molecule has 4 nitrogen and oxygen atoms in total. The van der Waals surface area contributed by atoms with Crippen LogP contribution in [0.3, 0.4) is 0 Å². The van der Waals surface area contributed by atoms with Gasteiger partial charge < -0.3 is 10.6 Å². The van der Waals surface area contributed by atoms with E-state index in [-0.39, 0.29) is 11.8 Å². The normalized spacial score (nSPS) is 24.1. The Kier molecular flexibility index (Phi) is 3.90. The van der Waals surface area contributed by atoms with Gasteiger partial charge in [-0.3, -0.25) is 4.79 Å². The number of halogens is 1. The zero-order valence-corrected chi connectivity index (χ0v) is 12.3. The van der Waals surface area contributed by atoms with Crippen molar-refractivity contribution >= 4 is 27.7 Å². The van der Waals surface area contributed by atoms with Crippen molar-refractivity contribution in [1.82, 2.24) is 4.98 Å². The Morgan fingerprint density at radius 1 is 1.50 bits per heavy atom. The van der Waals surface area contributed by atoms with Gasteiger partial charge in [-0.2, -0.15) is 0 Å². The van der Waals surface area contributed by atoms with Crippen molar-refractivity contribution in [2.75, 3.05) is 11.4 Å². The van der Waals surface area contributed by atoms with Crippen LogP contribution in [0.5, 0.6) is 0 Å². The summed E-state index contributed by atoms with van der Waals surface area (Å²) in [7, 11) is 0. The third-order valence-electron chi connectivity index (χ3n) is 3.59. The summed E-state index contributed by atoms with van der Waals surface area (Å²) >= 11 is 3.45. The molecule has 1 aliphatic heterocycles. The second-order valence-electron chi connectivity index (χ2n) is 4.91. The number of hydrogen-bond acceptors (Lipinski definition) is 3. The van der Waals surface area contributed by atoms with Gasteiger partial charge in [-0.25, -0.2) is 4.98 Å². The van der Waals surface area contributed by atoms with Gasteiger partial charge in [0.2, 0.25) is 5.91 Å². The number of aryl methyl sites for hydroxylation is 1. The molecule has 1 saturated heterocycles. The van der Waals surface area contributed by atoms with Crippen LogP contribution in [0.1, 0.15) is 25.5 Å². The number of amides is 1. The molecule has 1 aliphatic rings. The van der Waals surface area contributed by atoms with Crippen LogP contribution in [0.15, 0.2) is 16.6 Å². The topological polar surface area (TPSA) is 59.2 Å². The Balaban J connectivity index is 2.24. The summed E-state index contributed by atoms with van der Waals surface area (Å²) in [5, 5.41) is 0. The number of piperidine rings is 1. The minimum Gasteiger partial charge on any atom is -0.369 e. The van der Waals surface area contributed by atoms with E-state index in [9.17, 15) is 4.79 Å². The van der Waals surface area contributed by atoms with Crippen LogP contribution in [-0.4, -0.2) is 23.5 Å². The lowest BCUT2D eigenvalue weighted by Gasteiger charge is -2.37. The van der Waals surface area contributed by atoms with E-state index in [2.05, 4.69) is 32.7 Å². The fourth-order valence-corrected chi connectivity index (χ4v) is 2.57. The van der Waals surface area contributed by atoms with Crippen molar-refractivity contribution in [3.05, 3.63) is 22.3 Å². The van der Waals surface area contributed by atoms with Crippen molar-refractivity contribution in [2.24, 2.45) is 11.7 Å². The van der Waals surface area contributed by atoms with Crippen LogP contribution in [-0.2, 0) is 4.79 Å². The van der Waals surface area contributed by atoms with Crippen molar-refractivity contribution in [1.29, 1.82) is 0 Å². The molecule has 0 bridgehead atoms. The molecule has 98 valence electrons. The quantitative estimate of drug-likeness (QED) is 0.911. The number of carbonyl (C=O) groups is 1.